The standard InChI is InChI=1S/C23H20BrNO4S/c1-15-12-17(24)9-10-18(15)25-19(13-20(26)16-6-3-2-4-7-16)23(28)29-14-21(27)22-8-5-11-30-22/h2-12,19,25H,13-14H2,1H3/t19-/m1/s1. The van der Waals surface area contributed by atoms with Crippen molar-refractivity contribution in [2.45, 2.75) is 19.4 Å². The van der Waals surface area contributed by atoms with E-state index in [0.717, 1.165) is 10.0 Å². The van der Waals surface area contributed by atoms with E-state index in [1.807, 2.05) is 31.2 Å². The van der Waals surface area contributed by atoms with Gasteiger partial charge >= 0.3 is 5.97 Å². The molecule has 0 aliphatic rings. The number of hydrogen-bond acceptors (Lipinski definition) is 6. The van der Waals surface area contributed by atoms with Crippen LogP contribution >= 0.6 is 27.3 Å². The lowest BCUT2D eigenvalue weighted by atomic mass is 10.0. The Kier molecular flexibility index (Phi) is 7.54. The molecule has 0 spiro atoms. The van der Waals surface area contributed by atoms with Gasteiger partial charge in [-0.3, -0.25) is 9.59 Å². The van der Waals surface area contributed by atoms with Crippen LogP contribution < -0.4 is 5.32 Å². The van der Waals surface area contributed by atoms with Gasteiger partial charge in [-0.15, -0.1) is 11.3 Å². The molecule has 30 heavy (non-hydrogen) atoms. The van der Waals surface area contributed by atoms with E-state index in [9.17, 15) is 14.4 Å². The van der Waals surface area contributed by atoms with E-state index in [1.165, 1.54) is 11.3 Å². The summed E-state index contributed by atoms with van der Waals surface area (Å²) in [5.41, 5.74) is 2.13. The molecule has 5 nitrogen and oxygen atoms in total. The molecule has 0 fully saturated rings. The number of aryl methyl sites for hydroxylation is 1. The molecule has 0 saturated heterocycles. The van der Waals surface area contributed by atoms with Crippen molar-refractivity contribution in [3.63, 3.8) is 0 Å². The van der Waals surface area contributed by atoms with Crippen molar-refractivity contribution < 1.29 is 19.1 Å². The highest BCUT2D eigenvalue weighted by Gasteiger charge is 2.25. The van der Waals surface area contributed by atoms with Gasteiger partial charge < -0.3 is 10.1 Å². The Hall–Kier alpha value is -2.77. The summed E-state index contributed by atoms with van der Waals surface area (Å²) >= 11 is 4.70. The number of ketones is 2. The minimum Gasteiger partial charge on any atom is -0.456 e. The number of carbonyl (C=O) groups is 3. The lowest BCUT2D eigenvalue weighted by Gasteiger charge is -2.19. The third-order valence-electron chi connectivity index (χ3n) is 4.43. The van der Waals surface area contributed by atoms with Crippen molar-refractivity contribution in [2.75, 3.05) is 11.9 Å². The van der Waals surface area contributed by atoms with Crippen molar-refractivity contribution in [3.8, 4) is 0 Å². The molecule has 1 N–H and O–H groups in total. The van der Waals surface area contributed by atoms with Gasteiger partial charge in [0.05, 0.1) is 4.88 Å². The molecule has 1 atom stereocenters. The van der Waals surface area contributed by atoms with Gasteiger partial charge in [-0.1, -0.05) is 52.3 Å². The molecule has 0 aliphatic carbocycles. The van der Waals surface area contributed by atoms with Crippen molar-refractivity contribution in [3.05, 3.63) is 86.5 Å². The van der Waals surface area contributed by atoms with Gasteiger partial charge in [-0.2, -0.15) is 0 Å². The van der Waals surface area contributed by atoms with Crippen LogP contribution in [0, 0.1) is 6.92 Å². The number of benzene rings is 2. The number of nitrogens with one attached hydrogen (secondary N) is 1. The number of hydrogen-bond donors (Lipinski definition) is 1. The quantitative estimate of drug-likeness (QED) is 0.328. The van der Waals surface area contributed by atoms with E-state index in [0.29, 0.717) is 16.1 Å². The van der Waals surface area contributed by atoms with Crippen LogP contribution in [0.3, 0.4) is 0 Å². The Bertz CT molecular complexity index is 1030. The molecule has 3 rings (SSSR count). The third kappa shape index (κ3) is 5.87. The second-order valence-corrected chi connectivity index (χ2v) is 8.52. The van der Waals surface area contributed by atoms with E-state index in [4.69, 9.17) is 4.74 Å². The van der Waals surface area contributed by atoms with E-state index in [1.54, 1.807) is 41.8 Å². The van der Waals surface area contributed by atoms with Crippen LogP contribution in [0.5, 0.6) is 0 Å². The average Bonchev–Trinajstić information content (AvgIpc) is 3.28. The first-order chi connectivity index (χ1) is 14.4. The molecule has 0 aliphatic heterocycles. The molecule has 3 aromatic rings. The fraction of sp³-hybridized carbons (Fsp3) is 0.174. The summed E-state index contributed by atoms with van der Waals surface area (Å²) in [4.78, 5) is 38.2. The normalized spacial score (nSPS) is 11.5. The van der Waals surface area contributed by atoms with Crippen LogP contribution in [0.15, 0.2) is 70.5 Å². The zero-order chi connectivity index (χ0) is 21.5. The number of esters is 1. The maximum absolute atomic E-state index is 12.8. The molecule has 0 radical (unpaired) electrons. The Balaban J connectivity index is 1.74. The minimum absolute atomic E-state index is 0.0917. The summed E-state index contributed by atoms with van der Waals surface area (Å²) in [6.07, 6.45) is -0.0917. The second kappa shape index (κ2) is 10.3. The molecule has 7 heteroatoms. The van der Waals surface area contributed by atoms with Crippen LogP contribution in [-0.4, -0.2) is 30.2 Å². The summed E-state index contributed by atoms with van der Waals surface area (Å²) in [6.45, 7) is 1.53. The zero-order valence-corrected chi connectivity index (χ0v) is 18.7. The Labute approximate surface area is 187 Å². The van der Waals surface area contributed by atoms with Gasteiger partial charge in [-0.05, 0) is 42.1 Å². The summed E-state index contributed by atoms with van der Waals surface area (Å²) in [6, 6.07) is 16.9. The topological polar surface area (TPSA) is 72.5 Å². The van der Waals surface area contributed by atoms with E-state index in [-0.39, 0.29) is 24.6 Å². The predicted molar refractivity (Wildman–Crippen MR) is 121 cm³/mol. The number of ether oxygens (including phenoxy) is 1. The minimum atomic E-state index is -0.922. The van der Waals surface area contributed by atoms with Gasteiger partial charge in [0.2, 0.25) is 5.78 Å². The lowest BCUT2D eigenvalue weighted by Crippen LogP contribution is -2.35. The number of rotatable bonds is 9. The first-order valence-corrected chi connectivity index (χ1v) is 11.0. The highest BCUT2D eigenvalue weighted by Crippen LogP contribution is 2.22. The fourth-order valence-corrected chi connectivity index (χ4v) is 3.97. The molecule has 0 saturated carbocycles. The Morgan fingerprint density at radius 1 is 1.03 bits per heavy atom. The van der Waals surface area contributed by atoms with Gasteiger partial charge in [0, 0.05) is 22.1 Å². The van der Waals surface area contributed by atoms with Crippen molar-refractivity contribution >= 4 is 50.5 Å². The molecular weight excluding hydrogens is 466 g/mol. The van der Waals surface area contributed by atoms with Crippen LogP contribution in [0.4, 0.5) is 5.69 Å². The molecule has 1 heterocycles. The number of thiophene rings is 1. The van der Waals surface area contributed by atoms with Crippen LogP contribution in [0.1, 0.15) is 32.0 Å². The van der Waals surface area contributed by atoms with Crippen LogP contribution in [0.2, 0.25) is 0 Å². The molecule has 1 aromatic heterocycles. The molecule has 2 aromatic carbocycles. The lowest BCUT2D eigenvalue weighted by molar-refractivity contribution is -0.143. The van der Waals surface area contributed by atoms with Gasteiger partial charge in [0.15, 0.2) is 12.4 Å². The summed E-state index contributed by atoms with van der Waals surface area (Å²) in [5.74, 6) is -1.11. The Morgan fingerprint density at radius 3 is 2.47 bits per heavy atom. The molecule has 0 amide bonds. The van der Waals surface area contributed by atoms with Crippen molar-refractivity contribution in [1.82, 2.24) is 0 Å². The first kappa shape index (κ1) is 21.9. The van der Waals surface area contributed by atoms with E-state index < -0.39 is 12.0 Å². The molecule has 0 bridgehead atoms. The Morgan fingerprint density at radius 2 is 1.80 bits per heavy atom. The molecule has 154 valence electrons. The number of carbonyl (C=O) groups excluding carboxylic acids is 3. The fourth-order valence-electron chi connectivity index (χ4n) is 2.84. The van der Waals surface area contributed by atoms with E-state index >= 15 is 0 Å². The second-order valence-electron chi connectivity index (χ2n) is 6.66. The van der Waals surface area contributed by atoms with Gasteiger partial charge in [0.25, 0.3) is 0 Å². The molecular formula is C23H20BrNO4S. The van der Waals surface area contributed by atoms with Gasteiger partial charge in [-0.25, -0.2) is 4.79 Å². The first-order valence-electron chi connectivity index (χ1n) is 9.28. The highest BCUT2D eigenvalue weighted by molar-refractivity contribution is 9.10. The zero-order valence-electron chi connectivity index (χ0n) is 16.3. The monoisotopic (exact) mass is 485 g/mol. The summed E-state index contributed by atoms with van der Waals surface area (Å²) in [7, 11) is 0. The third-order valence-corrected chi connectivity index (χ3v) is 5.83. The maximum atomic E-state index is 12.8. The maximum Gasteiger partial charge on any atom is 0.329 e. The largest absolute Gasteiger partial charge is 0.456 e. The van der Waals surface area contributed by atoms with Crippen LogP contribution in [-0.2, 0) is 9.53 Å². The molecule has 0 unspecified atom stereocenters. The van der Waals surface area contributed by atoms with Crippen molar-refractivity contribution in [1.29, 1.82) is 0 Å². The number of halogens is 1. The predicted octanol–water partition coefficient (Wildman–Crippen LogP) is 5.30. The van der Waals surface area contributed by atoms with Crippen LogP contribution in [0.25, 0.3) is 0 Å². The van der Waals surface area contributed by atoms with E-state index in [2.05, 4.69) is 21.2 Å². The highest BCUT2D eigenvalue weighted by atomic mass is 79.9. The SMILES string of the molecule is Cc1cc(Br)ccc1N[C@H](CC(=O)c1ccccc1)C(=O)OCC(=O)c1cccs1. The smallest absolute Gasteiger partial charge is 0.329 e. The van der Waals surface area contributed by atoms with Gasteiger partial charge in [0.1, 0.15) is 6.04 Å². The average molecular weight is 486 g/mol. The number of anilines is 1. The van der Waals surface area contributed by atoms with Crippen molar-refractivity contribution in [2.24, 2.45) is 0 Å². The summed E-state index contributed by atoms with van der Waals surface area (Å²) in [5, 5.41) is 4.89. The number of Topliss-reactive ketones (excluding diaryl/α,β-unsaturated/α-hetero) is 2. The summed E-state index contributed by atoms with van der Waals surface area (Å²) < 4.78 is 6.17.